The summed E-state index contributed by atoms with van der Waals surface area (Å²) >= 11 is 3.30. The van der Waals surface area contributed by atoms with E-state index in [0.29, 0.717) is 16.6 Å². The zero-order valence-corrected chi connectivity index (χ0v) is 11.6. The van der Waals surface area contributed by atoms with Crippen LogP contribution in [0.25, 0.3) is 0 Å². The molecule has 1 aromatic heterocycles. The Morgan fingerprint density at radius 1 is 1.53 bits per heavy atom. The van der Waals surface area contributed by atoms with Gasteiger partial charge in [-0.1, -0.05) is 15.9 Å². The van der Waals surface area contributed by atoms with Gasteiger partial charge in [-0.3, -0.25) is 19.6 Å². The molecule has 1 aromatic carbocycles. The number of nitrogens with zero attached hydrogens (tertiary/aromatic N) is 3. The third kappa shape index (κ3) is 3.05. The van der Waals surface area contributed by atoms with Crippen molar-refractivity contribution < 1.29 is 9.72 Å². The summed E-state index contributed by atoms with van der Waals surface area (Å²) in [6, 6.07) is 4.55. The molecule has 0 aliphatic rings. The monoisotopic (exact) mass is 323 g/mol. The van der Waals surface area contributed by atoms with Crippen molar-refractivity contribution >= 4 is 27.4 Å². The van der Waals surface area contributed by atoms with Crippen molar-refractivity contribution in [3.05, 3.63) is 56.3 Å². The zero-order valence-electron chi connectivity index (χ0n) is 10.0. The highest BCUT2D eigenvalue weighted by atomic mass is 79.9. The number of carbonyl (C=O) groups excluding carboxylic acids is 1. The van der Waals surface area contributed by atoms with Crippen molar-refractivity contribution in [2.75, 3.05) is 0 Å². The normalized spacial score (nSPS) is 10.4. The van der Waals surface area contributed by atoms with Gasteiger partial charge in [-0.25, -0.2) is 0 Å². The second kappa shape index (κ2) is 5.31. The van der Waals surface area contributed by atoms with E-state index in [4.69, 9.17) is 0 Å². The number of rotatable bonds is 4. The summed E-state index contributed by atoms with van der Waals surface area (Å²) in [4.78, 5) is 21.3. The quantitative estimate of drug-likeness (QED) is 0.492. The van der Waals surface area contributed by atoms with Crippen LogP contribution in [0, 0.1) is 10.1 Å². The lowest BCUT2D eigenvalue weighted by atomic mass is 10.2. The van der Waals surface area contributed by atoms with Crippen LogP contribution >= 0.6 is 15.9 Å². The van der Waals surface area contributed by atoms with Gasteiger partial charge in [-0.05, 0) is 18.6 Å². The average molecular weight is 324 g/mol. The van der Waals surface area contributed by atoms with Crippen LogP contribution < -0.4 is 0 Å². The number of nitro benzene ring substituents is 1. The number of ketones is 1. The van der Waals surface area contributed by atoms with Gasteiger partial charge in [-0.2, -0.15) is 5.10 Å². The van der Waals surface area contributed by atoms with Gasteiger partial charge in [0, 0.05) is 22.8 Å². The molecule has 19 heavy (non-hydrogen) atoms. The second-order valence-corrected chi connectivity index (χ2v) is 4.87. The summed E-state index contributed by atoms with van der Waals surface area (Å²) in [5, 5.41) is 14.7. The minimum absolute atomic E-state index is 0.0283. The number of benzene rings is 1. The van der Waals surface area contributed by atoms with E-state index in [1.807, 2.05) is 0 Å². The Morgan fingerprint density at radius 2 is 2.26 bits per heavy atom. The van der Waals surface area contributed by atoms with Crippen molar-refractivity contribution in [3.8, 4) is 0 Å². The average Bonchev–Trinajstić information content (AvgIpc) is 2.80. The second-order valence-electron chi connectivity index (χ2n) is 4.02. The lowest BCUT2D eigenvalue weighted by Crippen LogP contribution is -2.01. The number of nitro groups is 1. The van der Waals surface area contributed by atoms with E-state index in [1.165, 1.54) is 25.3 Å². The maximum Gasteiger partial charge on any atom is 0.270 e. The maximum atomic E-state index is 11.2. The minimum atomic E-state index is -0.448. The van der Waals surface area contributed by atoms with Crippen LogP contribution in [0.1, 0.15) is 22.8 Å². The molecule has 0 fully saturated rings. The van der Waals surface area contributed by atoms with Gasteiger partial charge in [0.2, 0.25) is 0 Å². The van der Waals surface area contributed by atoms with Gasteiger partial charge in [0.1, 0.15) is 0 Å². The topological polar surface area (TPSA) is 78.0 Å². The molecule has 0 bridgehead atoms. The Bertz CT molecular complexity index is 651. The lowest BCUT2D eigenvalue weighted by molar-refractivity contribution is -0.384. The number of aromatic nitrogens is 2. The Kier molecular flexibility index (Phi) is 3.75. The van der Waals surface area contributed by atoms with Crippen LogP contribution in [-0.4, -0.2) is 20.5 Å². The number of hydrogen-bond acceptors (Lipinski definition) is 4. The van der Waals surface area contributed by atoms with Crippen molar-refractivity contribution in [2.45, 2.75) is 13.5 Å². The molecule has 0 aliphatic carbocycles. The first kappa shape index (κ1) is 13.4. The predicted octanol–water partition coefficient (Wildman–Crippen LogP) is 2.80. The lowest BCUT2D eigenvalue weighted by Gasteiger charge is -2.04. The summed E-state index contributed by atoms with van der Waals surface area (Å²) in [6.45, 7) is 1.91. The highest BCUT2D eigenvalue weighted by Gasteiger charge is 2.10. The van der Waals surface area contributed by atoms with Crippen LogP contribution in [0.15, 0.2) is 35.1 Å². The molecule has 98 valence electrons. The fraction of sp³-hybridized carbons (Fsp3) is 0.167. The molecular weight excluding hydrogens is 314 g/mol. The predicted molar refractivity (Wildman–Crippen MR) is 72.1 cm³/mol. The van der Waals surface area contributed by atoms with Crippen molar-refractivity contribution in [3.63, 3.8) is 0 Å². The van der Waals surface area contributed by atoms with E-state index < -0.39 is 4.92 Å². The number of Topliss-reactive ketones (excluding diaryl/α,β-unsaturated/α-hetero) is 1. The molecule has 0 spiro atoms. The molecule has 0 unspecified atom stereocenters. The van der Waals surface area contributed by atoms with Gasteiger partial charge in [0.05, 0.1) is 23.2 Å². The first-order valence-corrected chi connectivity index (χ1v) is 6.23. The van der Waals surface area contributed by atoms with Crippen molar-refractivity contribution in [1.29, 1.82) is 0 Å². The standard InChI is InChI=1S/C12H10BrN3O3/c1-8(17)10-5-14-15(7-10)6-9-2-3-11(16(18)19)4-12(9)13/h2-5,7H,6H2,1H3. The van der Waals surface area contributed by atoms with Crippen molar-refractivity contribution in [2.24, 2.45) is 0 Å². The van der Waals surface area contributed by atoms with Gasteiger partial charge in [-0.15, -0.1) is 0 Å². The molecule has 0 amide bonds. The molecule has 0 saturated carbocycles. The molecule has 6 nitrogen and oxygen atoms in total. The van der Waals surface area contributed by atoms with E-state index in [1.54, 1.807) is 16.9 Å². The molecule has 2 aromatic rings. The van der Waals surface area contributed by atoms with Gasteiger partial charge >= 0.3 is 0 Å². The number of non-ortho nitro benzene ring substituents is 1. The maximum absolute atomic E-state index is 11.2. The zero-order chi connectivity index (χ0) is 14.0. The van der Waals surface area contributed by atoms with Crippen LogP contribution in [0.4, 0.5) is 5.69 Å². The number of carbonyl (C=O) groups is 1. The Hall–Kier alpha value is -2.02. The molecular formula is C12H10BrN3O3. The summed E-state index contributed by atoms with van der Waals surface area (Å²) in [7, 11) is 0. The molecule has 0 N–H and O–H groups in total. The smallest absolute Gasteiger partial charge is 0.270 e. The Balaban J connectivity index is 2.23. The van der Waals surface area contributed by atoms with E-state index in [0.717, 1.165) is 5.56 Å². The molecule has 7 heteroatoms. The highest BCUT2D eigenvalue weighted by Crippen LogP contribution is 2.23. The molecule has 0 aliphatic heterocycles. The number of halogens is 1. The molecule has 0 saturated heterocycles. The summed E-state index contributed by atoms with van der Waals surface area (Å²) in [5.74, 6) is -0.0472. The van der Waals surface area contributed by atoms with Gasteiger partial charge in [0.15, 0.2) is 5.78 Å². The summed E-state index contributed by atoms with van der Waals surface area (Å²) < 4.78 is 2.25. The third-order valence-electron chi connectivity index (χ3n) is 2.62. The first-order chi connectivity index (χ1) is 8.97. The summed E-state index contributed by atoms with van der Waals surface area (Å²) in [6.07, 6.45) is 3.15. The molecule has 1 heterocycles. The number of hydrogen-bond donors (Lipinski definition) is 0. The fourth-order valence-corrected chi connectivity index (χ4v) is 2.08. The highest BCUT2D eigenvalue weighted by molar-refractivity contribution is 9.10. The third-order valence-corrected chi connectivity index (χ3v) is 3.36. The summed E-state index contributed by atoms with van der Waals surface area (Å²) in [5.41, 5.74) is 1.42. The molecule has 0 radical (unpaired) electrons. The fourth-order valence-electron chi connectivity index (χ4n) is 1.58. The SMILES string of the molecule is CC(=O)c1cnn(Cc2ccc([N+](=O)[O-])cc2Br)c1. The Labute approximate surface area is 117 Å². The Morgan fingerprint density at radius 3 is 2.79 bits per heavy atom. The van der Waals surface area contributed by atoms with Gasteiger partial charge in [0.25, 0.3) is 5.69 Å². The van der Waals surface area contributed by atoms with E-state index in [9.17, 15) is 14.9 Å². The molecule has 0 atom stereocenters. The minimum Gasteiger partial charge on any atom is -0.294 e. The van der Waals surface area contributed by atoms with Crippen LogP contribution in [0.2, 0.25) is 0 Å². The van der Waals surface area contributed by atoms with E-state index >= 15 is 0 Å². The largest absolute Gasteiger partial charge is 0.294 e. The van der Waals surface area contributed by atoms with E-state index in [-0.39, 0.29) is 11.5 Å². The van der Waals surface area contributed by atoms with Crippen LogP contribution in [0.5, 0.6) is 0 Å². The molecule has 2 rings (SSSR count). The first-order valence-electron chi connectivity index (χ1n) is 5.43. The van der Waals surface area contributed by atoms with Crippen LogP contribution in [0.3, 0.4) is 0 Å². The van der Waals surface area contributed by atoms with Gasteiger partial charge < -0.3 is 0 Å². The van der Waals surface area contributed by atoms with Crippen molar-refractivity contribution in [1.82, 2.24) is 9.78 Å². The van der Waals surface area contributed by atoms with Crippen LogP contribution in [-0.2, 0) is 6.54 Å². The van der Waals surface area contributed by atoms with E-state index in [2.05, 4.69) is 21.0 Å².